The van der Waals surface area contributed by atoms with E-state index in [9.17, 15) is 4.79 Å². The van der Waals surface area contributed by atoms with Crippen molar-refractivity contribution in [3.63, 3.8) is 0 Å². The Morgan fingerprint density at radius 2 is 2.40 bits per heavy atom. The molecule has 1 aromatic heterocycles. The third kappa shape index (κ3) is 2.79. The number of hydrogen-bond acceptors (Lipinski definition) is 4. The number of nitrogens with one attached hydrogen (secondary N) is 1. The second-order valence-electron chi connectivity index (χ2n) is 3.21. The van der Waals surface area contributed by atoms with Gasteiger partial charge in [-0.1, -0.05) is 6.92 Å². The van der Waals surface area contributed by atoms with E-state index in [-0.39, 0.29) is 5.78 Å². The number of ether oxygens (including phenoxy) is 1. The van der Waals surface area contributed by atoms with Crippen molar-refractivity contribution < 1.29 is 9.53 Å². The average Bonchev–Trinajstić information content (AvgIpc) is 2.59. The Kier molecular flexibility index (Phi) is 4.30. The predicted octanol–water partition coefficient (Wildman–Crippen LogP) is 0.611. The van der Waals surface area contributed by atoms with E-state index >= 15 is 0 Å². The largest absolute Gasteiger partial charge is 0.493 e. The monoisotopic (exact) mass is 211 g/mol. The molecule has 0 atom stereocenters. The van der Waals surface area contributed by atoms with Crippen molar-refractivity contribution in [1.82, 2.24) is 15.1 Å². The summed E-state index contributed by atoms with van der Waals surface area (Å²) in [6.45, 7) is 3.56. The number of aryl methyl sites for hydroxylation is 1. The fourth-order valence-electron chi connectivity index (χ4n) is 1.38. The number of carbonyl (C=O) groups is 1. The summed E-state index contributed by atoms with van der Waals surface area (Å²) in [7, 11) is 3.28. The molecule has 0 radical (unpaired) electrons. The molecule has 1 heterocycles. The highest BCUT2D eigenvalue weighted by Crippen LogP contribution is 2.17. The number of hydrogen-bond donors (Lipinski definition) is 1. The zero-order chi connectivity index (χ0) is 11.3. The summed E-state index contributed by atoms with van der Waals surface area (Å²) < 4.78 is 6.62. The van der Waals surface area contributed by atoms with Crippen molar-refractivity contribution in [1.29, 1.82) is 0 Å². The van der Waals surface area contributed by atoms with Crippen LogP contribution in [-0.4, -0.2) is 35.8 Å². The Hall–Kier alpha value is -1.36. The van der Waals surface area contributed by atoms with Crippen molar-refractivity contribution >= 4 is 5.78 Å². The van der Waals surface area contributed by atoms with Crippen LogP contribution in [0.4, 0.5) is 0 Å². The lowest BCUT2D eigenvalue weighted by atomic mass is 10.2. The molecule has 15 heavy (non-hydrogen) atoms. The zero-order valence-electron chi connectivity index (χ0n) is 9.41. The molecule has 0 aliphatic heterocycles. The van der Waals surface area contributed by atoms with Gasteiger partial charge in [-0.2, -0.15) is 5.10 Å². The first-order valence-corrected chi connectivity index (χ1v) is 5.00. The number of nitrogens with zero attached hydrogens (tertiary/aromatic N) is 2. The Bertz CT molecular complexity index is 333. The van der Waals surface area contributed by atoms with E-state index < -0.39 is 0 Å². The molecule has 0 amide bonds. The molecule has 0 spiro atoms. The van der Waals surface area contributed by atoms with Crippen LogP contribution in [0.25, 0.3) is 0 Å². The Labute approximate surface area is 89.4 Å². The maximum atomic E-state index is 11.8. The number of ketones is 1. The SMILES string of the molecule is CCNCCC(=O)c1c(OC)cnn1C. The first-order chi connectivity index (χ1) is 7.20. The van der Waals surface area contributed by atoms with Gasteiger partial charge in [0.25, 0.3) is 0 Å². The molecule has 0 aliphatic carbocycles. The van der Waals surface area contributed by atoms with Gasteiger partial charge in [-0.3, -0.25) is 9.48 Å². The molecule has 1 aromatic rings. The zero-order valence-corrected chi connectivity index (χ0v) is 9.41. The van der Waals surface area contributed by atoms with Crippen LogP contribution < -0.4 is 10.1 Å². The van der Waals surface area contributed by atoms with Crippen LogP contribution >= 0.6 is 0 Å². The molecule has 0 saturated carbocycles. The molecule has 84 valence electrons. The maximum Gasteiger partial charge on any atom is 0.185 e. The fraction of sp³-hybridized carbons (Fsp3) is 0.600. The summed E-state index contributed by atoms with van der Waals surface area (Å²) in [5.74, 6) is 0.590. The molecule has 1 N–H and O–H groups in total. The fourth-order valence-corrected chi connectivity index (χ4v) is 1.38. The first kappa shape index (κ1) is 11.7. The minimum absolute atomic E-state index is 0.0489. The summed E-state index contributed by atoms with van der Waals surface area (Å²) in [4.78, 5) is 11.8. The normalized spacial score (nSPS) is 10.3. The van der Waals surface area contributed by atoms with Crippen LogP contribution in [0.5, 0.6) is 5.75 Å². The smallest absolute Gasteiger partial charge is 0.185 e. The standard InChI is InChI=1S/C10H17N3O2/c1-4-11-6-5-8(14)10-9(15-3)7-12-13(10)2/h7,11H,4-6H2,1-3H3. The van der Waals surface area contributed by atoms with E-state index in [0.29, 0.717) is 24.4 Å². The van der Waals surface area contributed by atoms with Gasteiger partial charge in [0, 0.05) is 20.0 Å². The van der Waals surface area contributed by atoms with E-state index in [1.807, 2.05) is 6.92 Å². The molecular formula is C10H17N3O2. The molecule has 0 fully saturated rings. The third-order valence-electron chi connectivity index (χ3n) is 2.17. The van der Waals surface area contributed by atoms with Crippen molar-refractivity contribution in [3.8, 4) is 5.75 Å². The van der Waals surface area contributed by atoms with Gasteiger partial charge in [-0.15, -0.1) is 0 Å². The molecule has 0 saturated heterocycles. The van der Waals surface area contributed by atoms with E-state index in [1.54, 1.807) is 17.9 Å². The van der Waals surface area contributed by atoms with Crippen molar-refractivity contribution in [2.75, 3.05) is 20.2 Å². The Balaban J connectivity index is 2.67. The van der Waals surface area contributed by atoms with Gasteiger partial charge in [0.2, 0.25) is 0 Å². The average molecular weight is 211 g/mol. The van der Waals surface area contributed by atoms with E-state index in [1.165, 1.54) is 7.11 Å². The lowest BCUT2D eigenvalue weighted by Crippen LogP contribution is -2.19. The van der Waals surface area contributed by atoms with Crippen LogP contribution in [0.3, 0.4) is 0 Å². The Morgan fingerprint density at radius 3 is 3.00 bits per heavy atom. The predicted molar refractivity (Wildman–Crippen MR) is 57.3 cm³/mol. The highest BCUT2D eigenvalue weighted by molar-refractivity contribution is 5.97. The highest BCUT2D eigenvalue weighted by Gasteiger charge is 2.16. The van der Waals surface area contributed by atoms with Crippen LogP contribution in [0.1, 0.15) is 23.8 Å². The molecule has 0 unspecified atom stereocenters. The number of aromatic nitrogens is 2. The molecule has 1 rings (SSSR count). The lowest BCUT2D eigenvalue weighted by molar-refractivity contribution is 0.0970. The summed E-state index contributed by atoms with van der Waals surface area (Å²) >= 11 is 0. The number of methoxy groups -OCH3 is 1. The topological polar surface area (TPSA) is 56.1 Å². The third-order valence-corrected chi connectivity index (χ3v) is 2.17. The van der Waals surface area contributed by atoms with Crippen LogP contribution in [0, 0.1) is 0 Å². The lowest BCUT2D eigenvalue weighted by Gasteiger charge is -2.04. The molecule has 5 nitrogen and oxygen atoms in total. The molecule has 0 bridgehead atoms. The van der Waals surface area contributed by atoms with Crippen molar-refractivity contribution in [2.45, 2.75) is 13.3 Å². The van der Waals surface area contributed by atoms with Crippen molar-refractivity contribution in [3.05, 3.63) is 11.9 Å². The van der Waals surface area contributed by atoms with Crippen LogP contribution in [0.15, 0.2) is 6.20 Å². The summed E-state index contributed by atoms with van der Waals surface area (Å²) in [6, 6.07) is 0. The summed E-state index contributed by atoms with van der Waals surface area (Å²) in [6.07, 6.45) is 2.02. The van der Waals surface area contributed by atoms with Gasteiger partial charge in [-0.25, -0.2) is 0 Å². The first-order valence-electron chi connectivity index (χ1n) is 5.00. The van der Waals surface area contributed by atoms with Gasteiger partial charge in [0.15, 0.2) is 11.5 Å². The van der Waals surface area contributed by atoms with Gasteiger partial charge < -0.3 is 10.1 Å². The second kappa shape index (κ2) is 5.50. The Morgan fingerprint density at radius 1 is 1.67 bits per heavy atom. The summed E-state index contributed by atoms with van der Waals surface area (Å²) in [5.41, 5.74) is 0.537. The molecular weight excluding hydrogens is 194 g/mol. The minimum Gasteiger partial charge on any atom is -0.493 e. The number of rotatable bonds is 6. The van der Waals surface area contributed by atoms with E-state index in [2.05, 4.69) is 10.4 Å². The quantitative estimate of drug-likeness (QED) is 0.553. The van der Waals surface area contributed by atoms with Gasteiger partial charge in [0.05, 0.1) is 13.3 Å². The summed E-state index contributed by atoms with van der Waals surface area (Å²) in [5, 5.41) is 7.09. The second-order valence-corrected chi connectivity index (χ2v) is 3.21. The van der Waals surface area contributed by atoms with Crippen molar-refractivity contribution in [2.24, 2.45) is 7.05 Å². The maximum absolute atomic E-state index is 11.8. The van der Waals surface area contributed by atoms with Crippen LogP contribution in [0.2, 0.25) is 0 Å². The van der Waals surface area contributed by atoms with Gasteiger partial charge in [-0.05, 0) is 6.54 Å². The van der Waals surface area contributed by atoms with Gasteiger partial charge in [0.1, 0.15) is 5.69 Å². The minimum atomic E-state index is 0.0489. The highest BCUT2D eigenvalue weighted by atomic mass is 16.5. The van der Waals surface area contributed by atoms with Crippen LogP contribution in [-0.2, 0) is 7.05 Å². The number of Topliss-reactive ketones (excluding diaryl/α,β-unsaturated/α-hetero) is 1. The molecule has 5 heteroatoms. The van der Waals surface area contributed by atoms with E-state index in [4.69, 9.17) is 4.74 Å². The van der Waals surface area contributed by atoms with Gasteiger partial charge >= 0.3 is 0 Å². The number of carbonyl (C=O) groups excluding carboxylic acids is 1. The molecule has 0 aliphatic rings. The van der Waals surface area contributed by atoms with E-state index in [0.717, 1.165) is 6.54 Å². The molecule has 0 aromatic carbocycles.